The molecular weight excluding hydrogens is 186 g/mol. The standard InChI is InChI=1S/C9H13NS2/c11-5-8-6-12-9(10-8)7-3-1-2-4-7/h6-7,11H,1-5H2. The molecule has 66 valence electrons. The molecule has 0 saturated heterocycles. The highest BCUT2D eigenvalue weighted by molar-refractivity contribution is 7.79. The smallest absolute Gasteiger partial charge is 0.0959 e. The first-order chi connectivity index (χ1) is 5.90. The molecule has 1 aromatic heterocycles. The van der Waals surface area contributed by atoms with Crippen molar-refractivity contribution < 1.29 is 0 Å². The van der Waals surface area contributed by atoms with Crippen molar-refractivity contribution in [2.45, 2.75) is 37.4 Å². The highest BCUT2D eigenvalue weighted by Gasteiger charge is 2.19. The van der Waals surface area contributed by atoms with Crippen LogP contribution in [0.1, 0.15) is 42.3 Å². The van der Waals surface area contributed by atoms with Crippen molar-refractivity contribution in [2.75, 3.05) is 0 Å². The van der Waals surface area contributed by atoms with Gasteiger partial charge in [-0.2, -0.15) is 12.6 Å². The number of nitrogens with zero attached hydrogens (tertiary/aromatic N) is 1. The van der Waals surface area contributed by atoms with Gasteiger partial charge in [0.2, 0.25) is 0 Å². The second kappa shape index (κ2) is 3.79. The number of aromatic nitrogens is 1. The maximum Gasteiger partial charge on any atom is 0.0959 e. The van der Waals surface area contributed by atoms with E-state index >= 15 is 0 Å². The van der Waals surface area contributed by atoms with Crippen molar-refractivity contribution in [3.05, 3.63) is 16.1 Å². The van der Waals surface area contributed by atoms with Crippen molar-refractivity contribution in [2.24, 2.45) is 0 Å². The van der Waals surface area contributed by atoms with Crippen LogP contribution in [0.5, 0.6) is 0 Å². The lowest BCUT2D eigenvalue weighted by molar-refractivity contribution is 0.714. The molecule has 0 unspecified atom stereocenters. The van der Waals surface area contributed by atoms with Crippen LogP contribution in [-0.4, -0.2) is 4.98 Å². The molecule has 1 aliphatic rings. The van der Waals surface area contributed by atoms with Crippen molar-refractivity contribution >= 4 is 24.0 Å². The van der Waals surface area contributed by atoms with Gasteiger partial charge in [-0.15, -0.1) is 11.3 Å². The number of thiol groups is 1. The van der Waals surface area contributed by atoms with Gasteiger partial charge < -0.3 is 0 Å². The lowest BCUT2D eigenvalue weighted by Gasteiger charge is -2.02. The third kappa shape index (κ3) is 1.67. The average molecular weight is 199 g/mol. The second-order valence-corrected chi connectivity index (χ2v) is 4.52. The molecule has 1 saturated carbocycles. The predicted molar refractivity (Wildman–Crippen MR) is 56.0 cm³/mol. The Morgan fingerprint density at radius 2 is 2.25 bits per heavy atom. The maximum absolute atomic E-state index is 4.55. The van der Waals surface area contributed by atoms with Crippen LogP contribution in [0.2, 0.25) is 0 Å². The molecule has 3 heteroatoms. The quantitative estimate of drug-likeness (QED) is 0.722. The molecule has 1 aromatic rings. The molecule has 0 aliphatic heterocycles. The zero-order valence-corrected chi connectivity index (χ0v) is 8.70. The first kappa shape index (κ1) is 8.57. The van der Waals surface area contributed by atoms with Gasteiger partial charge >= 0.3 is 0 Å². The van der Waals surface area contributed by atoms with Crippen LogP contribution >= 0.6 is 24.0 Å². The molecule has 1 fully saturated rings. The largest absolute Gasteiger partial charge is 0.245 e. The lowest BCUT2D eigenvalue weighted by Crippen LogP contribution is -1.90. The van der Waals surface area contributed by atoms with Crippen molar-refractivity contribution in [3.63, 3.8) is 0 Å². The molecule has 0 bridgehead atoms. The number of rotatable bonds is 2. The zero-order chi connectivity index (χ0) is 8.39. The van der Waals surface area contributed by atoms with Crippen molar-refractivity contribution in [1.29, 1.82) is 0 Å². The number of hydrogen-bond acceptors (Lipinski definition) is 3. The van der Waals surface area contributed by atoms with Crippen LogP contribution in [0.3, 0.4) is 0 Å². The Morgan fingerprint density at radius 3 is 2.83 bits per heavy atom. The Balaban J connectivity index is 2.11. The fraction of sp³-hybridized carbons (Fsp3) is 0.667. The van der Waals surface area contributed by atoms with Crippen LogP contribution in [-0.2, 0) is 5.75 Å². The van der Waals surface area contributed by atoms with Gasteiger partial charge in [0.05, 0.1) is 10.7 Å². The van der Waals surface area contributed by atoms with E-state index in [-0.39, 0.29) is 0 Å². The molecule has 0 N–H and O–H groups in total. The Labute approximate surface area is 82.6 Å². The lowest BCUT2D eigenvalue weighted by atomic mass is 10.1. The fourth-order valence-electron chi connectivity index (χ4n) is 1.76. The summed E-state index contributed by atoms with van der Waals surface area (Å²) < 4.78 is 0. The summed E-state index contributed by atoms with van der Waals surface area (Å²) in [5.74, 6) is 1.55. The first-order valence-corrected chi connectivity index (χ1v) is 5.96. The normalized spacial score (nSPS) is 18.8. The molecule has 0 radical (unpaired) electrons. The van der Waals surface area contributed by atoms with Crippen molar-refractivity contribution in [1.82, 2.24) is 4.98 Å². The minimum atomic E-state index is 0.767. The highest BCUT2D eigenvalue weighted by atomic mass is 32.1. The van der Waals surface area contributed by atoms with Gasteiger partial charge in [-0.3, -0.25) is 0 Å². The third-order valence-electron chi connectivity index (χ3n) is 2.44. The van der Waals surface area contributed by atoms with E-state index in [0.717, 1.165) is 17.4 Å². The second-order valence-electron chi connectivity index (χ2n) is 3.32. The van der Waals surface area contributed by atoms with E-state index in [1.807, 2.05) is 11.3 Å². The molecule has 2 rings (SSSR count). The third-order valence-corrected chi connectivity index (χ3v) is 3.82. The Morgan fingerprint density at radius 1 is 1.50 bits per heavy atom. The minimum absolute atomic E-state index is 0.767. The van der Waals surface area contributed by atoms with E-state index in [1.165, 1.54) is 30.7 Å². The summed E-state index contributed by atoms with van der Waals surface area (Å²) >= 11 is 6.02. The first-order valence-electron chi connectivity index (χ1n) is 4.45. The molecule has 1 heterocycles. The molecule has 1 nitrogen and oxygen atoms in total. The summed E-state index contributed by atoms with van der Waals surface area (Å²) in [5, 5.41) is 3.48. The van der Waals surface area contributed by atoms with Gasteiger partial charge in [-0.05, 0) is 12.8 Å². The summed E-state index contributed by atoms with van der Waals surface area (Å²) in [6.07, 6.45) is 5.47. The van der Waals surface area contributed by atoms with E-state index in [2.05, 4.69) is 23.0 Å². The number of thiazole rings is 1. The van der Waals surface area contributed by atoms with Crippen LogP contribution in [0, 0.1) is 0 Å². The van der Waals surface area contributed by atoms with E-state index in [1.54, 1.807) is 0 Å². The predicted octanol–water partition coefficient (Wildman–Crippen LogP) is 3.23. The van der Waals surface area contributed by atoms with E-state index in [9.17, 15) is 0 Å². The van der Waals surface area contributed by atoms with Crippen LogP contribution in [0.15, 0.2) is 5.38 Å². The summed E-state index contributed by atoms with van der Waals surface area (Å²) in [4.78, 5) is 4.55. The molecule has 0 spiro atoms. The van der Waals surface area contributed by atoms with Crippen LogP contribution in [0.25, 0.3) is 0 Å². The summed E-state index contributed by atoms with van der Waals surface area (Å²) in [5.41, 5.74) is 1.14. The Kier molecular flexibility index (Phi) is 2.71. The van der Waals surface area contributed by atoms with Gasteiger partial charge in [0.15, 0.2) is 0 Å². The number of hydrogen-bond donors (Lipinski definition) is 1. The van der Waals surface area contributed by atoms with Gasteiger partial charge in [0.1, 0.15) is 0 Å². The molecular formula is C9H13NS2. The highest BCUT2D eigenvalue weighted by Crippen LogP contribution is 2.35. The summed E-state index contributed by atoms with van der Waals surface area (Å²) in [6.45, 7) is 0. The summed E-state index contributed by atoms with van der Waals surface area (Å²) in [7, 11) is 0. The van der Waals surface area contributed by atoms with E-state index < -0.39 is 0 Å². The maximum atomic E-state index is 4.55. The summed E-state index contributed by atoms with van der Waals surface area (Å²) in [6, 6.07) is 0. The SMILES string of the molecule is SCc1csc(C2CCCC2)n1. The Bertz CT molecular complexity index is 251. The molecule has 0 aromatic carbocycles. The molecule has 12 heavy (non-hydrogen) atoms. The topological polar surface area (TPSA) is 12.9 Å². The van der Waals surface area contributed by atoms with Gasteiger partial charge in [0, 0.05) is 17.1 Å². The van der Waals surface area contributed by atoms with Gasteiger partial charge in [-0.25, -0.2) is 4.98 Å². The van der Waals surface area contributed by atoms with Gasteiger partial charge in [0.25, 0.3) is 0 Å². The van der Waals surface area contributed by atoms with Crippen LogP contribution < -0.4 is 0 Å². The minimum Gasteiger partial charge on any atom is -0.245 e. The average Bonchev–Trinajstić information content (AvgIpc) is 2.75. The van der Waals surface area contributed by atoms with Crippen molar-refractivity contribution in [3.8, 4) is 0 Å². The Hall–Kier alpha value is -0.0200. The van der Waals surface area contributed by atoms with Gasteiger partial charge in [-0.1, -0.05) is 12.8 Å². The van der Waals surface area contributed by atoms with E-state index in [4.69, 9.17) is 0 Å². The zero-order valence-electron chi connectivity index (χ0n) is 6.99. The molecule has 0 atom stereocenters. The van der Waals surface area contributed by atoms with Crippen LogP contribution in [0.4, 0.5) is 0 Å². The molecule has 1 aliphatic carbocycles. The molecule has 0 amide bonds. The fourth-order valence-corrected chi connectivity index (χ4v) is 3.03. The monoisotopic (exact) mass is 199 g/mol. The van der Waals surface area contributed by atoms with E-state index in [0.29, 0.717) is 0 Å².